The van der Waals surface area contributed by atoms with Crippen molar-refractivity contribution in [1.29, 1.82) is 0 Å². The van der Waals surface area contributed by atoms with Gasteiger partial charge in [-0.25, -0.2) is 0 Å². The van der Waals surface area contributed by atoms with Crippen molar-refractivity contribution in [3.05, 3.63) is 27.8 Å². The average Bonchev–Trinajstić information content (AvgIpc) is 2.13. The lowest BCUT2D eigenvalue weighted by Gasteiger charge is -2.15. The molecule has 0 spiro atoms. The van der Waals surface area contributed by atoms with Crippen LogP contribution in [0, 0.1) is 27.7 Å². The smallest absolute Gasteiger partial charge is 0.121 e. The number of rotatable bonds is 1. The van der Waals surface area contributed by atoms with Gasteiger partial charge in [0.25, 0.3) is 0 Å². The Morgan fingerprint density at radius 3 is 1.62 bits per heavy atom. The van der Waals surface area contributed by atoms with E-state index in [2.05, 4.69) is 29.8 Å². The third kappa shape index (κ3) is 1.60. The van der Waals surface area contributed by atoms with Gasteiger partial charge in [-0.2, -0.15) is 0 Å². The summed E-state index contributed by atoms with van der Waals surface area (Å²) in [6.07, 6.45) is 0. The predicted octanol–water partition coefficient (Wildman–Crippen LogP) is 3.52. The summed E-state index contributed by atoms with van der Waals surface area (Å²) < 4.78 is 0. The van der Waals surface area contributed by atoms with Crippen molar-refractivity contribution in [1.82, 2.24) is 0 Å². The highest BCUT2D eigenvalue weighted by atomic mass is 79.9. The molecule has 1 nitrogen and oxygen atoms in total. The van der Waals surface area contributed by atoms with Gasteiger partial charge in [-0.1, -0.05) is 15.9 Å². The summed E-state index contributed by atoms with van der Waals surface area (Å²) in [5, 5.41) is 10.6. The maximum atomic E-state index is 9.77. The van der Waals surface area contributed by atoms with Crippen LogP contribution in [0.2, 0.25) is 0 Å². The lowest BCUT2D eigenvalue weighted by atomic mass is 9.94. The Morgan fingerprint density at radius 1 is 0.923 bits per heavy atom. The molecule has 0 aromatic heterocycles. The van der Waals surface area contributed by atoms with E-state index in [4.69, 9.17) is 0 Å². The molecule has 1 aromatic carbocycles. The molecule has 1 aromatic rings. The highest BCUT2D eigenvalue weighted by Crippen LogP contribution is 2.32. The summed E-state index contributed by atoms with van der Waals surface area (Å²) in [5.74, 6) is 0.444. The van der Waals surface area contributed by atoms with Crippen LogP contribution in [-0.4, -0.2) is 5.11 Å². The van der Waals surface area contributed by atoms with Gasteiger partial charge in [0.05, 0.1) is 0 Å². The largest absolute Gasteiger partial charge is 0.507 e. The summed E-state index contributed by atoms with van der Waals surface area (Å²) in [7, 11) is 0. The summed E-state index contributed by atoms with van der Waals surface area (Å²) in [5.41, 5.74) is 5.68. The number of aromatic hydroxyl groups is 1. The first kappa shape index (κ1) is 10.6. The van der Waals surface area contributed by atoms with E-state index in [9.17, 15) is 5.11 Å². The van der Waals surface area contributed by atoms with E-state index in [0.717, 1.165) is 16.5 Å². The summed E-state index contributed by atoms with van der Waals surface area (Å²) in [6.45, 7) is 8.03. The Balaban J connectivity index is 3.56. The molecule has 0 fully saturated rings. The third-order valence-corrected chi connectivity index (χ3v) is 3.44. The standard InChI is InChI=1S/C11H15BrO/c1-6-8(3)11(13)9(4)7(2)10(6)5-12/h13H,5H2,1-4H3. The molecule has 0 unspecified atom stereocenters. The molecule has 0 amide bonds. The molecule has 1 rings (SSSR count). The van der Waals surface area contributed by atoms with Gasteiger partial charge in [0, 0.05) is 5.33 Å². The van der Waals surface area contributed by atoms with Gasteiger partial charge in [0.15, 0.2) is 0 Å². The molecule has 0 saturated carbocycles. The number of phenols is 1. The zero-order valence-electron chi connectivity index (χ0n) is 8.53. The number of hydrogen-bond donors (Lipinski definition) is 1. The number of phenolic OH excluding ortho intramolecular Hbond substituents is 1. The summed E-state index contributed by atoms with van der Waals surface area (Å²) in [6, 6.07) is 0. The average molecular weight is 243 g/mol. The molecule has 1 N–H and O–H groups in total. The monoisotopic (exact) mass is 242 g/mol. The minimum absolute atomic E-state index is 0.444. The molecule has 0 aliphatic heterocycles. The van der Waals surface area contributed by atoms with Crippen molar-refractivity contribution in [2.24, 2.45) is 0 Å². The van der Waals surface area contributed by atoms with Crippen molar-refractivity contribution in [3.8, 4) is 5.75 Å². The van der Waals surface area contributed by atoms with E-state index >= 15 is 0 Å². The maximum absolute atomic E-state index is 9.77. The van der Waals surface area contributed by atoms with Crippen molar-refractivity contribution in [2.45, 2.75) is 33.0 Å². The van der Waals surface area contributed by atoms with E-state index in [-0.39, 0.29) is 0 Å². The fraction of sp³-hybridized carbons (Fsp3) is 0.455. The van der Waals surface area contributed by atoms with Crippen molar-refractivity contribution < 1.29 is 5.11 Å². The summed E-state index contributed by atoms with van der Waals surface area (Å²) >= 11 is 3.47. The minimum atomic E-state index is 0.444. The van der Waals surface area contributed by atoms with E-state index in [1.54, 1.807) is 0 Å². The SMILES string of the molecule is Cc1c(C)c(CBr)c(C)c(C)c1O. The van der Waals surface area contributed by atoms with Gasteiger partial charge < -0.3 is 5.11 Å². The van der Waals surface area contributed by atoms with Crippen LogP contribution in [-0.2, 0) is 5.33 Å². The fourth-order valence-corrected chi connectivity index (χ4v) is 2.41. The molecule has 0 aliphatic rings. The van der Waals surface area contributed by atoms with Gasteiger partial charge in [0.2, 0.25) is 0 Å². The summed E-state index contributed by atoms with van der Waals surface area (Å²) in [4.78, 5) is 0. The van der Waals surface area contributed by atoms with Crippen LogP contribution in [0.4, 0.5) is 0 Å². The second kappa shape index (κ2) is 3.70. The van der Waals surface area contributed by atoms with Crippen LogP contribution < -0.4 is 0 Å². The van der Waals surface area contributed by atoms with E-state index in [1.165, 1.54) is 16.7 Å². The molecular weight excluding hydrogens is 228 g/mol. The Bertz CT molecular complexity index is 313. The lowest BCUT2D eigenvalue weighted by Crippen LogP contribution is -1.97. The van der Waals surface area contributed by atoms with Gasteiger partial charge in [0.1, 0.15) is 5.75 Å². The predicted molar refractivity (Wildman–Crippen MR) is 59.7 cm³/mol. The fourth-order valence-electron chi connectivity index (χ4n) is 1.57. The van der Waals surface area contributed by atoms with Gasteiger partial charge in [-0.05, 0) is 55.5 Å². The number of alkyl halides is 1. The molecule has 13 heavy (non-hydrogen) atoms. The zero-order chi connectivity index (χ0) is 10.2. The molecule has 0 atom stereocenters. The van der Waals surface area contributed by atoms with Gasteiger partial charge in [-0.3, -0.25) is 0 Å². The van der Waals surface area contributed by atoms with E-state index < -0.39 is 0 Å². The molecule has 0 aliphatic carbocycles. The zero-order valence-corrected chi connectivity index (χ0v) is 10.1. The number of hydrogen-bond acceptors (Lipinski definition) is 1. The first-order chi connectivity index (χ1) is 6.00. The van der Waals surface area contributed by atoms with Crippen LogP contribution in [0.1, 0.15) is 27.8 Å². The molecule has 0 heterocycles. The molecule has 0 radical (unpaired) electrons. The number of benzene rings is 1. The highest BCUT2D eigenvalue weighted by Gasteiger charge is 2.12. The Hall–Kier alpha value is -0.500. The topological polar surface area (TPSA) is 20.2 Å². The Kier molecular flexibility index (Phi) is 3.01. The van der Waals surface area contributed by atoms with Crippen LogP contribution in [0.15, 0.2) is 0 Å². The maximum Gasteiger partial charge on any atom is 0.121 e. The van der Waals surface area contributed by atoms with E-state index in [0.29, 0.717) is 5.75 Å². The van der Waals surface area contributed by atoms with Gasteiger partial charge in [-0.15, -0.1) is 0 Å². The van der Waals surface area contributed by atoms with Crippen molar-refractivity contribution >= 4 is 15.9 Å². The molecular formula is C11H15BrO. The molecule has 2 heteroatoms. The van der Waals surface area contributed by atoms with Crippen molar-refractivity contribution in [3.63, 3.8) is 0 Å². The van der Waals surface area contributed by atoms with Crippen LogP contribution in [0.25, 0.3) is 0 Å². The normalized spacial score (nSPS) is 10.5. The first-order valence-electron chi connectivity index (χ1n) is 4.34. The second-order valence-corrected chi connectivity index (χ2v) is 4.02. The van der Waals surface area contributed by atoms with Crippen LogP contribution in [0.5, 0.6) is 5.75 Å². The molecule has 0 saturated heterocycles. The minimum Gasteiger partial charge on any atom is -0.507 e. The lowest BCUT2D eigenvalue weighted by molar-refractivity contribution is 0.465. The highest BCUT2D eigenvalue weighted by molar-refractivity contribution is 9.08. The van der Waals surface area contributed by atoms with E-state index in [1.807, 2.05) is 13.8 Å². The Labute approximate surface area is 87.9 Å². The molecule has 0 bridgehead atoms. The first-order valence-corrected chi connectivity index (χ1v) is 5.47. The Morgan fingerprint density at radius 2 is 1.31 bits per heavy atom. The van der Waals surface area contributed by atoms with Crippen LogP contribution in [0.3, 0.4) is 0 Å². The van der Waals surface area contributed by atoms with Gasteiger partial charge >= 0.3 is 0 Å². The van der Waals surface area contributed by atoms with Crippen molar-refractivity contribution in [2.75, 3.05) is 0 Å². The quantitative estimate of drug-likeness (QED) is 0.748. The second-order valence-electron chi connectivity index (χ2n) is 3.46. The van der Waals surface area contributed by atoms with Crippen LogP contribution >= 0.6 is 15.9 Å². The molecule has 72 valence electrons. The third-order valence-electron chi connectivity index (χ3n) is 2.87. The number of halogens is 1.